The standard InChI is InChI=1S/C22H22Br2ClN3O2/c1-5-28-19-9-18(25)14(6-15(19)12(2)10-22(28,3)4)11-26-27-21(30)13-7-16(23)20(29)17(24)8-13/h6-11,29H,5H2,1-4H3,(H,27,30)/b26-11-. The molecule has 0 atom stereocenters. The SMILES string of the molecule is CCN1c2cc(Cl)c(/C=N\NC(=O)c3cc(Br)c(O)c(Br)c3)cc2C(C)=CC1(C)C. The van der Waals surface area contributed by atoms with Gasteiger partial charge in [0.15, 0.2) is 0 Å². The predicted octanol–water partition coefficient (Wildman–Crippen LogP) is 6.36. The molecule has 3 rings (SSSR count). The summed E-state index contributed by atoms with van der Waals surface area (Å²) in [5.74, 6) is -0.375. The van der Waals surface area contributed by atoms with Crippen molar-refractivity contribution in [2.24, 2.45) is 5.10 Å². The molecule has 2 aromatic rings. The molecule has 1 heterocycles. The molecular weight excluding hydrogens is 534 g/mol. The van der Waals surface area contributed by atoms with Crippen LogP contribution in [0.2, 0.25) is 5.02 Å². The average molecular weight is 556 g/mol. The van der Waals surface area contributed by atoms with Gasteiger partial charge in [0.05, 0.1) is 25.7 Å². The zero-order valence-electron chi connectivity index (χ0n) is 17.1. The molecule has 0 aromatic heterocycles. The quantitative estimate of drug-likeness (QED) is 0.341. The molecule has 0 unspecified atom stereocenters. The minimum atomic E-state index is -0.406. The highest BCUT2D eigenvalue weighted by Gasteiger charge is 2.30. The number of phenolic OH excluding ortho intramolecular Hbond substituents is 1. The maximum atomic E-state index is 12.4. The molecule has 1 amide bonds. The number of likely N-dealkylation sites (N-methyl/N-ethyl adjacent to an activating group) is 1. The Morgan fingerprint density at radius 2 is 1.90 bits per heavy atom. The van der Waals surface area contributed by atoms with Gasteiger partial charge in [-0.05, 0) is 89.4 Å². The molecule has 8 heteroatoms. The van der Waals surface area contributed by atoms with Crippen LogP contribution in [0.5, 0.6) is 5.75 Å². The van der Waals surface area contributed by atoms with Gasteiger partial charge in [-0.25, -0.2) is 5.43 Å². The first-order valence-corrected chi connectivity index (χ1v) is 11.3. The van der Waals surface area contributed by atoms with Crippen molar-refractivity contribution in [3.8, 4) is 5.75 Å². The molecule has 1 aliphatic rings. The number of hydrazone groups is 1. The smallest absolute Gasteiger partial charge is 0.271 e. The second-order valence-corrected chi connectivity index (χ2v) is 9.72. The fourth-order valence-electron chi connectivity index (χ4n) is 3.71. The first-order valence-electron chi connectivity index (χ1n) is 9.37. The van der Waals surface area contributed by atoms with Crippen LogP contribution in [0.3, 0.4) is 0 Å². The van der Waals surface area contributed by atoms with Crippen molar-refractivity contribution < 1.29 is 9.90 Å². The second kappa shape index (κ2) is 8.73. The summed E-state index contributed by atoms with van der Waals surface area (Å²) < 4.78 is 0.823. The van der Waals surface area contributed by atoms with Gasteiger partial charge < -0.3 is 10.0 Å². The first-order chi connectivity index (χ1) is 14.0. The molecular formula is C22H22Br2ClN3O2. The Hall–Kier alpha value is -1.83. The van der Waals surface area contributed by atoms with Crippen molar-refractivity contribution in [1.29, 1.82) is 0 Å². The molecule has 5 nitrogen and oxygen atoms in total. The average Bonchev–Trinajstić information content (AvgIpc) is 2.66. The molecule has 1 aliphatic heterocycles. The Morgan fingerprint density at radius 1 is 1.27 bits per heavy atom. The summed E-state index contributed by atoms with van der Waals surface area (Å²) in [7, 11) is 0. The minimum Gasteiger partial charge on any atom is -0.506 e. The van der Waals surface area contributed by atoms with E-state index in [0.29, 0.717) is 25.1 Å². The van der Waals surface area contributed by atoms with Crippen molar-refractivity contribution in [2.75, 3.05) is 11.4 Å². The number of amides is 1. The van der Waals surface area contributed by atoms with Gasteiger partial charge in [0.25, 0.3) is 5.91 Å². The van der Waals surface area contributed by atoms with Crippen LogP contribution < -0.4 is 10.3 Å². The highest BCUT2D eigenvalue weighted by molar-refractivity contribution is 9.11. The summed E-state index contributed by atoms with van der Waals surface area (Å²) in [6.45, 7) is 9.44. The summed E-state index contributed by atoms with van der Waals surface area (Å²) in [5, 5.41) is 14.4. The predicted molar refractivity (Wildman–Crippen MR) is 131 cm³/mol. The van der Waals surface area contributed by atoms with Gasteiger partial charge in [-0.1, -0.05) is 17.7 Å². The van der Waals surface area contributed by atoms with Crippen LogP contribution in [-0.4, -0.2) is 29.3 Å². The monoisotopic (exact) mass is 553 g/mol. The zero-order chi connectivity index (χ0) is 22.2. The number of hydrogen-bond acceptors (Lipinski definition) is 4. The lowest BCUT2D eigenvalue weighted by Gasteiger charge is -2.43. The molecule has 0 fully saturated rings. The topological polar surface area (TPSA) is 64.9 Å². The van der Waals surface area contributed by atoms with Crippen LogP contribution in [0.25, 0.3) is 5.57 Å². The van der Waals surface area contributed by atoms with Crippen LogP contribution >= 0.6 is 43.5 Å². The molecule has 0 saturated carbocycles. The normalized spacial score (nSPS) is 15.2. The number of benzene rings is 2. The number of nitrogens with one attached hydrogen (secondary N) is 1. The minimum absolute atomic E-state index is 0.0311. The van der Waals surface area contributed by atoms with E-state index < -0.39 is 5.91 Å². The van der Waals surface area contributed by atoms with Gasteiger partial charge in [-0.2, -0.15) is 5.10 Å². The number of halogens is 3. The van der Waals surface area contributed by atoms with E-state index in [2.05, 4.69) is 81.1 Å². The van der Waals surface area contributed by atoms with E-state index in [4.69, 9.17) is 11.6 Å². The van der Waals surface area contributed by atoms with Crippen molar-refractivity contribution >= 4 is 66.8 Å². The Balaban J connectivity index is 1.85. The van der Waals surface area contributed by atoms with E-state index in [1.165, 1.54) is 23.9 Å². The van der Waals surface area contributed by atoms with E-state index in [9.17, 15) is 9.90 Å². The fourth-order valence-corrected chi connectivity index (χ4v) is 5.11. The number of nitrogens with zero attached hydrogens (tertiary/aromatic N) is 2. The number of allylic oxidation sites excluding steroid dienone is 1. The third-order valence-corrected chi connectivity index (χ3v) is 6.60. The Morgan fingerprint density at radius 3 is 2.50 bits per heavy atom. The van der Waals surface area contributed by atoms with Crippen LogP contribution in [-0.2, 0) is 0 Å². The van der Waals surface area contributed by atoms with Crippen LogP contribution in [0.15, 0.2) is 44.4 Å². The van der Waals surface area contributed by atoms with E-state index in [0.717, 1.165) is 17.8 Å². The lowest BCUT2D eigenvalue weighted by molar-refractivity contribution is 0.0955. The highest BCUT2D eigenvalue weighted by atomic mass is 79.9. The van der Waals surface area contributed by atoms with Gasteiger partial charge in [0, 0.05) is 28.9 Å². The number of phenols is 1. The van der Waals surface area contributed by atoms with Crippen LogP contribution in [0.4, 0.5) is 5.69 Å². The summed E-state index contributed by atoms with van der Waals surface area (Å²) in [4.78, 5) is 14.7. The van der Waals surface area contributed by atoms with Crippen molar-refractivity contribution in [1.82, 2.24) is 5.43 Å². The third-order valence-electron chi connectivity index (χ3n) is 5.06. The molecule has 0 saturated heterocycles. The number of fused-ring (bicyclic) bond motifs is 1. The molecule has 2 aromatic carbocycles. The number of anilines is 1. The number of carbonyl (C=O) groups is 1. The van der Waals surface area contributed by atoms with Crippen molar-refractivity contribution in [2.45, 2.75) is 33.2 Å². The van der Waals surface area contributed by atoms with Crippen LogP contribution in [0.1, 0.15) is 49.2 Å². The fraction of sp³-hybridized carbons (Fsp3) is 0.273. The van der Waals surface area contributed by atoms with Crippen molar-refractivity contribution in [3.05, 3.63) is 61.0 Å². The molecule has 30 heavy (non-hydrogen) atoms. The lowest BCUT2D eigenvalue weighted by Crippen LogP contribution is -2.44. The van der Waals surface area contributed by atoms with Gasteiger partial charge in [-0.15, -0.1) is 0 Å². The summed E-state index contributed by atoms with van der Waals surface area (Å²) in [5.41, 5.74) is 6.83. The Bertz CT molecular complexity index is 1060. The van der Waals surface area contributed by atoms with E-state index in [-0.39, 0.29) is 11.3 Å². The number of carbonyl (C=O) groups excluding carboxylic acids is 1. The maximum Gasteiger partial charge on any atom is 0.271 e. The lowest BCUT2D eigenvalue weighted by atomic mass is 9.88. The van der Waals surface area contributed by atoms with Gasteiger partial charge in [0.1, 0.15) is 5.75 Å². The summed E-state index contributed by atoms with van der Waals surface area (Å²) in [6.07, 6.45) is 3.78. The van der Waals surface area contributed by atoms with Gasteiger partial charge in [0.2, 0.25) is 0 Å². The van der Waals surface area contributed by atoms with E-state index in [1.807, 2.05) is 12.1 Å². The molecule has 0 radical (unpaired) electrons. The molecule has 158 valence electrons. The third kappa shape index (κ3) is 4.43. The molecule has 0 aliphatic carbocycles. The Labute approximate surface area is 198 Å². The number of hydrogen-bond donors (Lipinski definition) is 2. The van der Waals surface area contributed by atoms with E-state index in [1.54, 1.807) is 0 Å². The number of rotatable bonds is 4. The molecule has 0 spiro atoms. The van der Waals surface area contributed by atoms with Gasteiger partial charge in [-0.3, -0.25) is 4.79 Å². The zero-order valence-corrected chi connectivity index (χ0v) is 21.0. The van der Waals surface area contributed by atoms with Gasteiger partial charge >= 0.3 is 0 Å². The van der Waals surface area contributed by atoms with Crippen molar-refractivity contribution in [3.63, 3.8) is 0 Å². The summed E-state index contributed by atoms with van der Waals surface area (Å²) in [6, 6.07) is 6.99. The summed E-state index contributed by atoms with van der Waals surface area (Å²) >= 11 is 13.0. The molecule has 0 bridgehead atoms. The largest absolute Gasteiger partial charge is 0.506 e. The highest BCUT2D eigenvalue weighted by Crippen LogP contribution is 2.41. The van der Waals surface area contributed by atoms with Crippen LogP contribution in [0, 0.1) is 0 Å². The first kappa shape index (κ1) is 22.8. The second-order valence-electron chi connectivity index (χ2n) is 7.60. The number of aromatic hydroxyl groups is 1. The maximum absolute atomic E-state index is 12.4. The molecule has 2 N–H and O–H groups in total. The Kier molecular flexibility index (Phi) is 6.65. The van der Waals surface area contributed by atoms with E-state index >= 15 is 0 Å².